The Kier molecular flexibility index (Phi) is 9.42. The molecule has 3 rings (SSSR count). The van der Waals surface area contributed by atoms with Crippen LogP contribution < -0.4 is 20.3 Å². The maximum atomic E-state index is 12.4. The fourth-order valence-corrected chi connectivity index (χ4v) is 3.98. The minimum atomic E-state index is -0.297. The molecule has 2 aromatic carbocycles. The zero-order valence-electron chi connectivity index (χ0n) is 19.8. The number of rotatable bonds is 10. The van der Waals surface area contributed by atoms with Crippen LogP contribution in [0.3, 0.4) is 0 Å². The highest BCUT2D eigenvalue weighted by Crippen LogP contribution is 2.21. The van der Waals surface area contributed by atoms with Gasteiger partial charge in [-0.2, -0.15) is 0 Å². The van der Waals surface area contributed by atoms with Crippen molar-refractivity contribution in [2.45, 2.75) is 45.4 Å². The molecule has 1 aliphatic heterocycles. The number of benzene rings is 2. The van der Waals surface area contributed by atoms with E-state index < -0.39 is 0 Å². The smallest absolute Gasteiger partial charge is 0.323 e. The second-order valence-electron chi connectivity index (χ2n) is 8.39. The fourth-order valence-electron chi connectivity index (χ4n) is 3.98. The monoisotopic (exact) mass is 452 g/mol. The topological polar surface area (TPSA) is 73.9 Å². The lowest BCUT2D eigenvalue weighted by atomic mass is 10.1. The van der Waals surface area contributed by atoms with Crippen molar-refractivity contribution in [2.24, 2.45) is 0 Å². The Hall–Kier alpha value is -3.22. The van der Waals surface area contributed by atoms with Crippen LogP contribution in [0.1, 0.15) is 45.4 Å². The minimum Gasteiger partial charge on any atom is -0.497 e. The van der Waals surface area contributed by atoms with Crippen LogP contribution in [0.15, 0.2) is 48.5 Å². The number of carbonyl (C=O) groups is 2. The number of amides is 3. The van der Waals surface area contributed by atoms with Crippen molar-refractivity contribution < 1.29 is 14.3 Å². The molecule has 7 nitrogen and oxygen atoms in total. The first-order chi connectivity index (χ1) is 16.1. The van der Waals surface area contributed by atoms with Gasteiger partial charge in [-0.25, -0.2) is 4.79 Å². The molecule has 0 radical (unpaired) electrons. The highest BCUT2D eigenvalue weighted by molar-refractivity contribution is 5.99. The number of nitrogens with one attached hydrogen (secondary N) is 2. The summed E-state index contributed by atoms with van der Waals surface area (Å²) in [6.45, 7) is 5.38. The maximum Gasteiger partial charge on any atom is 0.323 e. The van der Waals surface area contributed by atoms with Gasteiger partial charge in [-0.3, -0.25) is 4.79 Å². The van der Waals surface area contributed by atoms with Gasteiger partial charge in [0.15, 0.2) is 0 Å². The summed E-state index contributed by atoms with van der Waals surface area (Å²) in [5.74, 6) is 1.03. The lowest BCUT2D eigenvalue weighted by molar-refractivity contribution is -0.131. The van der Waals surface area contributed by atoms with Crippen molar-refractivity contribution in [3.05, 3.63) is 48.5 Å². The molecule has 0 saturated carbocycles. The van der Waals surface area contributed by atoms with Gasteiger partial charge in [0.1, 0.15) is 5.75 Å². The van der Waals surface area contributed by atoms with Crippen LogP contribution >= 0.6 is 0 Å². The largest absolute Gasteiger partial charge is 0.497 e. The summed E-state index contributed by atoms with van der Waals surface area (Å²) in [5, 5.41) is 5.66. The lowest BCUT2D eigenvalue weighted by Gasteiger charge is -2.36. The van der Waals surface area contributed by atoms with Crippen LogP contribution in [0.25, 0.3) is 0 Å². The van der Waals surface area contributed by atoms with E-state index in [9.17, 15) is 9.59 Å². The summed E-state index contributed by atoms with van der Waals surface area (Å²) in [4.78, 5) is 29.0. The number of unbranched alkanes of at least 4 members (excludes halogenated alkanes) is 4. The van der Waals surface area contributed by atoms with Crippen LogP contribution in [-0.4, -0.2) is 50.1 Å². The highest BCUT2D eigenvalue weighted by Gasteiger charge is 2.20. The summed E-state index contributed by atoms with van der Waals surface area (Å²) < 4.78 is 5.12. The van der Waals surface area contributed by atoms with E-state index in [1.165, 1.54) is 19.3 Å². The maximum absolute atomic E-state index is 12.4. The fraction of sp³-hybridized carbons (Fsp3) is 0.462. The number of methoxy groups -OCH3 is 1. The van der Waals surface area contributed by atoms with E-state index in [4.69, 9.17) is 4.74 Å². The van der Waals surface area contributed by atoms with Gasteiger partial charge in [-0.05, 0) is 55.0 Å². The zero-order valence-corrected chi connectivity index (χ0v) is 19.8. The standard InChI is InChI=1S/C26H36N4O3/c1-3-4-5-6-7-8-25(31)30-19-17-29(18-20-30)23-13-9-21(10-14-23)27-26(32)28-22-11-15-24(33-2)16-12-22/h9-16H,3-8,17-20H2,1-2H3,(H2,27,28,32). The number of urea groups is 1. The minimum absolute atomic E-state index is 0.286. The molecular formula is C26H36N4O3. The summed E-state index contributed by atoms with van der Waals surface area (Å²) in [5.41, 5.74) is 2.52. The van der Waals surface area contributed by atoms with Crippen molar-refractivity contribution in [1.82, 2.24) is 4.90 Å². The molecule has 0 aliphatic carbocycles. The van der Waals surface area contributed by atoms with Gasteiger partial charge >= 0.3 is 6.03 Å². The first kappa shape index (κ1) is 24.4. The van der Waals surface area contributed by atoms with Crippen LogP contribution in [-0.2, 0) is 4.79 Å². The van der Waals surface area contributed by atoms with E-state index in [2.05, 4.69) is 22.5 Å². The number of anilines is 3. The van der Waals surface area contributed by atoms with E-state index in [1.807, 2.05) is 29.2 Å². The quantitative estimate of drug-likeness (QED) is 0.477. The van der Waals surface area contributed by atoms with Gasteiger partial charge in [-0.15, -0.1) is 0 Å². The van der Waals surface area contributed by atoms with Crippen molar-refractivity contribution in [2.75, 3.05) is 48.8 Å². The van der Waals surface area contributed by atoms with E-state index in [0.717, 1.165) is 56.1 Å². The van der Waals surface area contributed by atoms with Gasteiger partial charge in [0.2, 0.25) is 5.91 Å². The lowest BCUT2D eigenvalue weighted by Crippen LogP contribution is -2.48. The molecule has 7 heteroatoms. The van der Waals surface area contributed by atoms with Crippen molar-refractivity contribution in [3.8, 4) is 5.75 Å². The van der Waals surface area contributed by atoms with Crippen LogP contribution in [0.5, 0.6) is 5.75 Å². The van der Waals surface area contributed by atoms with Crippen molar-refractivity contribution >= 4 is 29.0 Å². The Balaban J connectivity index is 1.41. The Bertz CT molecular complexity index is 875. The number of carbonyl (C=O) groups excluding carboxylic acids is 2. The third kappa shape index (κ3) is 7.70. The summed E-state index contributed by atoms with van der Waals surface area (Å²) >= 11 is 0. The highest BCUT2D eigenvalue weighted by atomic mass is 16.5. The third-order valence-electron chi connectivity index (χ3n) is 5.96. The third-order valence-corrected chi connectivity index (χ3v) is 5.96. The van der Waals surface area contributed by atoms with Gasteiger partial charge in [0.05, 0.1) is 7.11 Å². The Morgan fingerprint density at radius 2 is 1.39 bits per heavy atom. The van der Waals surface area contributed by atoms with Crippen molar-refractivity contribution in [3.63, 3.8) is 0 Å². The van der Waals surface area contributed by atoms with Gasteiger partial charge in [-0.1, -0.05) is 32.6 Å². The Labute approximate surface area is 197 Å². The predicted molar refractivity (Wildman–Crippen MR) is 134 cm³/mol. The molecular weight excluding hydrogens is 416 g/mol. The second kappa shape index (κ2) is 12.7. The average Bonchev–Trinajstić information content (AvgIpc) is 2.85. The molecule has 2 aromatic rings. The molecule has 2 N–H and O–H groups in total. The van der Waals surface area contributed by atoms with Gasteiger partial charge < -0.3 is 25.2 Å². The van der Waals surface area contributed by atoms with Crippen molar-refractivity contribution in [1.29, 1.82) is 0 Å². The van der Waals surface area contributed by atoms with E-state index >= 15 is 0 Å². The molecule has 178 valence electrons. The number of hydrogen-bond donors (Lipinski definition) is 2. The summed E-state index contributed by atoms with van der Waals surface area (Å²) in [6.07, 6.45) is 6.53. The molecule has 33 heavy (non-hydrogen) atoms. The van der Waals surface area contributed by atoms with Crippen LogP contribution in [0.2, 0.25) is 0 Å². The van der Waals surface area contributed by atoms with E-state index in [-0.39, 0.29) is 11.9 Å². The molecule has 0 unspecified atom stereocenters. The Morgan fingerprint density at radius 1 is 0.818 bits per heavy atom. The number of ether oxygens (including phenoxy) is 1. The molecule has 0 bridgehead atoms. The SMILES string of the molecule is CCCCCCCC(=O)N1CCN(c2ccc(NC(=O)Nc3ccc(OC)cc3)cc2)CC1. The molecule has 1 saturated heterocycles. The molecule has 1 fully saturated rings. The first-order valence-electron chi connectivity index (χ1n) is 11.9. The van der Waals surface area contributed by atoms with Gasteiger partial charge in [0, 0.05) is 49.7 Å². The van der Waals surface area contributed by atoms with Crippen LogP contribution in [0.4, 0.5) is 21.9 Å². The predicted octanol–water partition coefficient (Wildman–Crippen LogP) is 5.35. The van der Waals surface area contributed by atoms with E-state index in [1.54, 1.807) is 31.4 Å². The number of hydrogen-bond acceptors (Lipinski definition) is 4. The summed E-state index contributed by atoms with van der Waals surface area (Å²) in [6, 6.07) is 14.7. The molecule has 0 aromatic heterocycles. The molecule has 1 heterocycles. The molecule has 0 spiro atoms. The summed E-state index contributed by atoms with van der Waals surface area (Å²) in [7, 11) is 1.61. The zero-order chi connectivity index (χ0) is 23.5. The second-order valence-corrected chi connectivity index (χ2v) is 8.39. The normalized spacial score (nSPS) is 13.5. The van der Waals surface area contributed by atoms with Gasteiger partial charge in [0.25, 0.3) is 0 Å². The number of piperazine rings is 1. The average molecular weight is 453 g/mol. The Morgan fingerprint density at radius 3 is 1.97 bits per heavy atom. The first-order valence-corrected chi connectivity index (χ1v) is 11.9. The number of nitrogens with zero attached hydrogens (tertiary/aromatic N) is 2. The molecule has 3 amide bonds. The van der Waals surface area contributed by atoms with E-state index in [0.29, 0.717) is 12.1 Å². The molecule has 0 atom stereocenters. The van der Waals surface area contributed by atoms with Crippen LogP contribution in [0, 0.1) is 0 Å². The molecule has 1 aliphatic rings.